The normalized spacial score (nSPS) is 25.5. The van der Waals surface area contributed by atoms with Crippen LogP contribution in [0.2, 0.25) is 25.7 Å². The second kappa shape index (κ2) is 7.63. The number of halogens is 1. The van der Waals surface area contributed by atoms with Crippen LogP contribution in [0.5, 0.6) is 0 Å². The van der Waals surface area contributed by atoms with Crippen molar-refractivity contribution in [2.45, 2.75) is 77.1 Å². The molecule has 0 N–H and O–H groups in total. The fourth-order valence-corrected chi connectivity index (χ4v) is 6.06. The molecule has 1 unspecified atom stereocenters. The Kier molecular flexibility index (Phi) is 5.55. The Balaban J connectivity index is 1.55. The molecule has 7 heteroatoms. The first kappa shape index (κ1) is 19.6. The van der Waals surface area contributed by atoms with E-state index in [1.54, 1.807) is 0 Å². The Morgan fingerprint density at radius 2 is 1.93 bits per heavy atom. The van der Waals surface area contributed by atoms with Gasteiger partial charge in [0.25, 0.3) is 0 Å². The van der Waals surface area contributed by atoms with Gasteiger partial charge in [0.05, 0.1) is 9.77 Å². The molecule has 2 aliphatic rings. The zero-order valence-electron chi connectivity index (χ0n) is 16.9. The number of aromatic nitrogens is 3. The molecular formula is C20H31IN4OSi. The minimum Gasteiger partial charge on any atom is -0.361 e. The third-order valence-corrected chi connectivity index (χ3v) is 8.46. The van der Waals surface area contributed by atoms with Gasteiger partial charge in [-0.15, -0.1) is 0 Å². The summed E-state index contributed by atoms with van der Waals surface area (Å²) in [6, 6.07) is 2.47. The van der Waals surface area contributed by atoms with Gasteiger partial charge in [0.1, 0.15) is 18.1 Å². The summed E-state index contributed by atoms with van der Waals surface area (Å²) in [5.41, 5.74) is 1.95. The van der Waals surface area contributed by atoms with E-state index in [2.05, 4.69) is 64.8 Å². The van der Waals surface area contributed by atoms with E-state index in [1.165, 1.54) is 31.7 Å². The highest BCUT2D eigenvalue weighted by molar-refractivity contribution is 14.1. The van der Waals surface area contributed by atoms with Crippen LogP contribution >= 0.6 is 22.6 Å². The van der Waals surface area contributed by atoms with Crippen LogP contribution in [0.1, 0.15) is 32.6 Å². The van der Waals surface area contributed by atoms with E-state index in [0.29, 0.717) is 18.8 Å². The molecule has 0 amide bonds. The number of ether oxygens (including phenoxy) is 1. The van der Waals surface area contributed by atoms with Gasteiger partial charge in [-0.05, 0) is 60.2 Å². The Labute approximate surface area is 177 Å². The van der Waals surface area contributed by atoms with Crippen LogP contribution in [0.4, 0.5) is 5.82 Å². The third-order valence-electron chi connectivity index (χ3n) is 5.97. The number of rotatable bonds is 6. The summed E-state index contributed by atoms with van der Waals surface area (Å²) >= 11 is 2.36. The number of nitrogens with zero attached hydrogens (tertiary/aromatic N) is 4. The summed E-state index contributed by atoms with van der Waals surface area (Å²) in [5, 5.41) is 0. The molecule has 0 aromatic carbocycles. The van der Waals surface area contributed by atoms with Gasteiger partial charge in [0, 0.05) is 33.0 Å². The van der Waals surface area contributed by atoms with Crippen LogP contribution in [0, 0.1) is 9.49 Å². The third kappa shape index (κ3) is 4.19. The SMILES string of the molecule is CC1C[C@H]2CC[C@@H](C1)N2c1cnc2c(I)cn(COCC[Si](C)(C)C)c2n1. The Bertz CT molecular complexity index is 804. The number of anilines is 1. The molecule has 2 fully saturated rings. The van der Waals surface area contributed by atoms with Gasteiger partial charge >= 0.3 is 0 Å². The molecule has 2 aromatic heterocycles. The molecule has 0 spiro atoms. The average Bonchev–Trinajstić information content (AvgIpc) is 3.05. The number of hydrogen-bond donors (Lipinski definition) is 0. The number of hydrogen-bond acceptors (Lipinski definition) is 4. The highest BCUT2D eigenvalue weighted by atomic mass is 127. The highest BCUT2D eigenvalue weighted by Crippen LogP contribution is 2.41. The monoisotopic (exact) mass is 498 g/mol. The zero-order valence-corrected chi connectivity index (χ0v) is 20.1. The Morgan fingerprint density at radius 1 is 1.22 bits per heavy atom. The van der Waals surface area contributed by atoms with Crippen molar-refractivity contribution in [2.24, 2.45) is 5.92 Å². The molecule has 148 valence electrons. The molecule has 4 heterocycles. The zero-order chi connectivity index (χ0) is 19.2. The minimum absolute atomic E-state index is 0.562. The number of piperidine rings is 1. The standard InChI is InChI=1S/C20H31IN4OSi/c1-14-9-15-5-6-16(10-14)25(15)18-11-22-19-17(21)12-24(20(19)23-18)13-26-7-8-27(2,3)4/h11-12,14-16H,5-10,13H2,1-4H3/t14?,15-,16+. The van der Waals surface area contributed by atoms with Gasteiger partial charge in [-0.3, -0.25) is 0 Å². The number of fused-ring (bicyclic) bond motifs is 3. The van der Waals surface area contributed by atoms with Crippen molar-refractivity contribution < 1.29 is 4.74 Å². The quantitative estimate of drug-likeness (QED) is 0.315. The highest BCUT2D eigenvalue weighted by Gasteiger charge is 2.40. The van der Waals surface area contributed by atoms with E-state index < -0.39 is 8.07 Å². The molecule has 2 saturated heterocycles. The summed E-state index contributed by atoms with van der Waals surface area (Å²) < 4.78 is 9.26. The van der Waals surface area contributed by atoms with Crippen molar-refractivity contribution in [1.82, 2.24) is 14.5 Å². The fourth-order valence-electron chi connectivity index (χ4n) is 4.59. The largest absolute Gasteiger partial charge is 0.361 e. The van der Waals surface area contributed by atoms with E-state index in [-0.39, 0.29) is 0 Å². The fraction of sp³-hybridized carbons (Fsp3) is 0.700. The summed E-state index contributed by atoms with van der Waals surface area (Å²) in [6.45, 7) is 10.9. The van der Waals surface area contributed by atoms with Crippen LogP contribution in [0.15, 0.2) is 12.4 Å². The van der Waals surface area contributed by atoms with E-state index in [9.17, 15) is 0 Å². The molecule has 4 rings (SSSR count). The molecule has 0 radical (unpaired) electrons. The first-order valence-electron chi connectivity index (χ1n) is 10.2. The van der Waals surface area contributed by atoms with Crippen LogP contribution in [0.3, 0.4) is 0 Å². The van der Waals surface area contributed by atoms with Crippen LogP contribution in [-0.4, -0.2) is 41.3 Å². The Morgan fingerprint density at radius 3 is 2.59 bits per heavy atom. The maximum atomic E-state index is 5.98. The lowest BCUT2D eigenvalue weighted by atomic mass is 9.92. The molecule has 0 saturated carbocycles. The first-order chi connectivity index (χ1) is 12.8. The maximum Gasteiger partial charge on any atom is 0.164 e. The predicted molar refractivity (Wildman–Crippen MR) is 122 cm³/mol. The van der Waals surface area contributed by atoms with E-state index in [4.69, 9.17) is 14.7 Å². The lowest BCUT2D eigenvalue weighted by molar-refractivity contribution is 0.0898. The second-order valence-corrected chi connectivity index (χ2v) is 16.3. The predicted octanol–water partition coefficient (Wildman–Crippen LogP) is 5.12. The van der Waals surface area contributed by atoms with Crippen molar-refractivity contribution in [3.8, 4) is 0 Å². The van der Waals surface area contributed by atoms with Crippen LogP contribution < -0.4 is 4.90 Å². The molecule has 0 aliphatic carbocycles. The van der Waals surface area contributed by atoms with Crippen molar-refractivity contribution >= 4 is 47.6 Å². The van der Waals surface area contributed by atoms with Gasteiger partial charge in [0.15, 0.2) is 5.65 Å². The molecule has 2 bridgehead atoms. The summed E-state index contributed by atoms with van der Waals surface area (Å²) in [5.74, 6) is 1.89. The minimum atomic E-state index is -1.06. The average molecular weight is 498 g/mol. The van der Waals surface area contributed by atoms with Crippen molar-refractivity contribution in [2.75, 3.05) is 11.5 Å². The van der Waals surface area contributed by atoms with Gasteiger partial charge in [-0.25, -0.2) is 9.97 Å². The van der Waals surface area contributed by atoms with Crippen LogP contribution in [-0.2, 0) is 11.5 Å². The molecule has 2 aliphatic heterocycles. The van der Waals surface area contributed by atoms with Crippen LogP contribution in [0.25, 0.3) is 11.2 Å². The van der Waals surface area contributed by atoms with Gasteiger partial charge in [-0.1, -0.05) is 26.6 Å². The topological polar surface area (TPSA) is 43.2 Å². The van der Waals surface area contributed by atoms with E-state index in [1.807, 2.05) is 6.20 Å². The molecule has 2 aromatic rings. The summed E-state index contributed by atoms with van der Waals surface area (Å²) in [6.07, 6.45) is 9.28. The maximum absolute atomic E-state index is 5.98. The first-order valence-corrected chi connectivity index (χ1v) is 15.0. The van der Waals surface area contributed by atoms with Crippen molar-refractivity contribution in [1.29, 1.82) is 0 Å². The van der Waals surface area contributed by atoms with Gasteiger partial charge in [0.2, 0.25) is 0 Å². The van der Waals surface area contributed by atoms with Gasteiger partial charge in [-0.2, -0.15) is 0 Å². The molecule has 5 nitrogen and oxygen atoms in total. The molecular weight excluding hydrogens is 467 g/mol. The molecule has 27 heavy (non-hydrogen) atoms. The van der Waals surface area contributed by atoms with E-state index >= 15 is 0 Å². The Hall–Kier alpha value is -0.673. The lowest BCUT2D eigenvalue weighted by Gasteiger charge is -2.38. The smallest absolute Gasteiger partial charge is 0.164 e. The van der Waals surface area contributed by atoms with Crippen molar-refractivity contribution in [3.05, 3.63) is 16.0 Å². The lowest BCUT2D eigenvalue weighted by Crippen LogP contribution is -2.43. The summed E-state index contributed by atoms with van der Waals surface area (Å²) in [7, 11) is -1.06. The summed E-state index contributed by atoms with van der Waals surface area (Å²) in [4.78, 5) is 12.4. The van der Waals surface area contributed by atoms with Gasteiger partial charge < -0.3 is 14.2 Å². The second-order valence-electron chi connectivity index (χ2n) is 9.56. The van der Waals surface area contributed by atoms with Crippen molar-refractivity contribution in [3.63, 3.8) is 0 Å². The molecule has 3 atom stereocenters. The van der Waals surface area contributed by atoms with E-state index in [0.717, 1.165) is 33.1 Å².